The van der Waals surface area contributed by atoms with Crippen LogP contribution in [0.3, 0.4) is 0 Å². The molecule has 4 nitrogen and oxygen atoms in total. The van der Waals surface area contributed by atoms with Gasteiger partial charge < -0.3 is 14.6 Å². The van der Waals surface area contributed by atoms with Crippen molar-refractivity contribution in [3.05, 3.63) is 29.8 Å². The van der Waals surface area contributed by atoms with Gasteiger partial charge in [0.05, 0.1) is 12.2 Å². The maximum atomic E-state index is 11.8. The first kappa shape index (κ1) is 17.5. The van der Waals surface area contributed by atoms with Crippen molar-refractivity contribution in [2.75, 3.05) is 6.61 Å². The molecule has 1 aromatic rings. The molecular formula is C17H26O4. The highest BCUT2D eigenvalue weighted by molar-refractivity contribution is 5.89. The molecule has 4 heteroatoms. The zero-order valence-electron chi connectivity index (χ0n) is 13.0. The monoisotopic (exact) mass is 294 g/mol. The molecule has 0 aliphatic heterocycles. The molecule has 0 aliphatic rings. The second-order valence-corrected chi connectivity index (χ2v) is 5.16. The van der Waals surface area contributed by atoms with Crippen LogP contribution in [0.1, 0.15) is 62.7 Å². The number of carbonyl (C=O) groups is 1. The molecule has 1 unspecified atom stereocenters. The lowest BCUT2D eigenvalue weighted by atomic mass is 10.1. The van der Waals surface area contributed by atoms with Crippen LogP contribution in [0.25, 0.3) is 0 Å². The van der Waals surface area contributed by atoms with Gasteiger partial charge in [0.1, 0.15) is 5.75 Å². The zero-order chi connectivity index (χ0) is 15.5. The largest absolute Gasteiger partial charge is 0.508 e. The number of carbonyl (C=O) groups excluding carboxylic acids is 1. The summed E-state index contributed by atoms with van der Waals surface area (Å²) < 4.78 is 10.7. The summed E-state index contributed by atoms with van der Waals surface area (Å²) in [6.07, 6.45) is 6.65. The Bertz CT molecular complexity index is 400. The molecule has 0 bridgehead atoms. The molecule has 118 valence electrons. The predicted molar refractivity (Wildman–Crippen MR) is 82.3 cm³/mol. The van der Waals surface area contributed by atoms with Gasteiger partial charge in [0.2, 0.25) is 0 Å². The molecule has 1 aromatic carbocycles. The maximum absolute atomic E-state index is 11.8. The highest BCUT2D eigenvalue weighted by Gasteiger charge is 2.11. The van der Waals surface area contributed by atoms with Crippen molar-refractivity contribution in [3.63, 3.8) is 0 Å². The van der Waals surface area contributed by atoms with E-state index >= 15 is 0 Å². The van der Waals surface area contributed by atoms with Gasteiger partial charge in [-0.1, -0.05) is 39.0 Å². The van der Waals surface area contributed by atoms with Crippen LogP contribution >= 0.6 is 0 Å². The molecule has 0 saturated heterocycles. The SMILES string of the molecule is CCCCCCCCOC(C)OC(=O)c1ccc(O)cc1. The Balaban J connectivity index is 2.14. The zero-order valence-corrected chi connectivity index (χ0v) is 13.0. The van der Waals surface area contributed by atoms with Gasteiger partial charge in [0.15, 0.2) is 6.29 Å². The summed E-state index contributed by atoms with van der Waals surface area (Å²) in [5, 5.41) is 9.16. The lowest BCUT2D eigenvalue weighted by Crippen LogP contribution is -2.18. The minimum absolute atomic E-state index is 0.124. The van der Waals surface area contributed by atoms with E-state index in [2.05, 4.69) is 6.92 Å². The number of ether oxygens (including phenoxy) is 2. The van der Waals surface area contributed by atoms with Crippen LogP contribution in [0.5, 0.6) is 5.75 Å². The minimum Gasteiger partial charge on any atom is -0.508 e. The normalized spacial score (nSPS) is 12.1. The fourth-order valence-corrected chi connectivity index (χ4v) is 1.98. The number of hydrogen-bond acceptors (Lipinski definition) is 4. The van der Waals surface area contributed by atoms with Gasteiger partial charge in [-0.15, -0.1) is 0 Å². The van der Waals surface area contributed by atoms with E-state index in [1.807, 2.05) is 0 Å². The lowest BCUT2D eigenvalue weighted by molar-refractivity contribution is -0.0987. The number of phenolic OH excluding ortho intramolecular Hbond substituents is 1. The number of hydrogen-bond donors (Lipinski definition) is 1. The van der Waals surface area contributed by atoms with Crippen LogP contribution in [-0.2, 0) is 9.47 Å². The summed E-state index contributed by atoms with van der Waals surface area (Å²) in [5.41, 5.74) is 0.405. The Morgan fingerprint density at radius 2 is 1.71 bits per heavy atom. The standard InChI is InChI=1S/C17H26O4/c1-3-4-5-6-7-8-13-20-14(2)21-17(19)15-9-11-16(18)12-10-15/h9-12,14,18H,3-8,13H2,1-2H3. The van der Waals surface area contributed by atoms with Crippen LogP contribution in [0.15, 0.2) is 24.3 Å². The van der Waals surface area contributed by atoms with Crippen molar-refractivity contribution in [2.45, 2.75) is 58.7 Å². The number of aromatic hydroxyl groups is 1. The molecular weight excluding hydrogens is 268 g/mol. The van der Waals surface area contributed by atoms with Crippen molar-refractivity contribution in [1.29, 1.82) is 0 Å². The van der Waals surface area contributed by atoms with E-state index in [0.717, 1.165) is 12.8 Å². The van der Waals surface area contributed by atoms with Crippen LogP contribution in [0.4, 0.5) is 0 Å². The summed E-state index contributed by atoms with van der Waals surface area (Å²) in [6, 6.07) is 5.97. The summed E-state index contributed by atoms with van der Waals surface area (Å²) in [4.78, 5) is 11.8. The third-order valence-electron chi connectivity index (χ3n) is 3.23. The predicted octanol–water partition coefficient (Wildman–Crippen LogP) is 4.27. The Morgan fingerprint density at radius 1 is 1.10 bits per heavy atom. The molecule has 0 radical (unpaired) electrons. The van der Waals surface area contributed by atoms with E-state index in [1.54, 1.807) is 6.92 Å². The average Bonchev–Trinajstić information content (AvgIpc) is 2.47. The number of rotatable bonds is 10. The van der Waals surface area contributed by atoms with E-state index in [-0.39, 0.29) is 5.75 Å². The van der Waals surface area contributed by atoms with Crippen LogP contribution in [0, 0.1) is 0 Å². The van der Waals surface area contributed by atoms with Crippen LogP contribution < -0.4 is 0 Å². The smallest absolute Gasteiger partial charge is 0.340 e. The summed E-state index contributed by atoms with van der Waals surface area (Å²) >= 11 is 0. The molecule has 1 N–H and O–H groups in total. The number of benzene rings is 1. The van der Waals surface area contributed by atoms with Crippen LogP contribution in [0.2, 0.25) is 0 Å². The van der Waals surface area contributed by atoms with Crippen molar-refractivity contribution < 1.29 is 19.4 Å². The Kier molecular flexibility index (Phi) is 8.51. The van der Waals surface area contributed by atoms with Crippen molar-refractivity contribution in [3.8, 4) is 5.75 Å². The topological polar surface area (TPSA) is 55.8 Å². The fraction of sp³-hybridized carbons (Fsp3) is 0.588. The summed E-state index contributed by atoms with van der Waals surface area (Å²) in [6.45, 7) is 4.53. The Hall–Kier alpha value is -1.55. The molecule has 0 fully saturated rings. The van der Waals surface area contributed by atoms with E-state index < -0.39 is 12.3 Å². The first-order valence-corrected chi connectivity index (χ1v) is 7.75. The van der Waals surface area contributed by atoms with E-state index in [0.29, 0.717) is 12.2 Å². The molecule has 1 rings (SSSR count). The number of esters is 1. The van der Waals surface area contributed by atoms with Crippen molar-refractivity contribution >= 4 is 5.97 Å². The third-order valence-corrected chi connectivity index (χ3v) is 3.23. The minimum atomic E-state index is -0.554. The lowest BCUT2D eigenvalue weighted by Gasteiger charge is -2.14. The van der Waals surface area contributed by atoms with Gasteiger partial charge in [-0.3, -0.25) is 0 Å². The summed E-state index contributed by atoms with van der Waals surface area (Å²) in [7, 11) is 0. The molecule has 1 atom stereocenters. The second kappa shape index (κ2) is 10.2. The van der Waals surface area contributed by atoms with Gasteiger partial charge in [-0.25, -0.2) is 4.79 Å². The Morgan fingerprint density at radius 3 is 2.38 bits per heavy atom. The molecule has 0 saturated carbocycles. The molecule has 0 amide bonds. The highest BCUT2D eigenvalue weighted by Crippen LogP contribution is 2.12. The molecule has 0 spiro atoms. The second-order valence-electron chi connectivity index (χ2n) is 5.16. The van der Waals surface area contributed by atoms with Gasteiger partial charge >= 0.3 is 5.97 Å². The fourth-order valence-electron chi connectivity index (χ4n) is 1.98. The van der Waals surface area contributed by atoms with Crippen molar-refractivity contribution in [1.82, 2.24) is 0 Å². The van der Waals surface area contributed by atoms with Crippen LogP contribution in [-0.4, -0.2) is 24.0 Å². The summed E-state index contributed by atoms with van der Waals surface area (Å²) in [5.74, 6) is -0.315. The third kappa shape index (κ3) is 7.71. The van der Waals surface area contributed by atoms with E-state index in [1.165, 1.54) is 49.9 Å². The first-order chi connectivity index (χ1) is 10.1. The van der Waals surface area contributed by atoms with E-state index in [4.69, 9.17) is 14.6 Å². The Labute approximate surface area is 127 Å². The highest BCUT2D eigenvalue weighted by atomic mass is 16.7. The first-order valence-electron chi connectivity index (χ1n) is 7.75. The molecule has 0 aromatic heterocycles. The van der Waals surface area contributed by atoms with E-state index in [9.17, 15) is 4.79 Å². The molecule has 0 heterocycles. The quantitative estimate of drug-likeness (QED) is 0.398. The maximum Gasteiger partial charge on any atom is 0.340 e. The molecule has 21 heavy (non-hydrogen) atoms. The molecule has 0 aliphatic carbocycles. The van der Waals surface area contributed by atoms with Gasteiger partial charge in [0.25, 0.3) is 0 Å². The number of unbranched alkanes of at least 4 members (excludes halogenated alkanes) is 5. The van der Waals surface area contributed by atoms with Gasteiger partial charge in [-0.05, 0) is 37.6 Å². The average molecular weight is 294 g/mol. The van der Waals surface area contributed by atoms with Gasteiger partial charge in [0, 0.05) is 0 Å². The number of phenols is 1. The van der Waals surface area contributed by atoms with Gasteiger partial charge in [-0.2, -0.15) is 0 Å². The van der Waals surface area contributed by atoms with Crippen molar-refractivity contribution in [2.24, 2.45) is 0 Å².